The molecule has 0 unspecified atom stereocenters. The number of benzene rings is 2. The number of amides is 2. The van der Waals surface area contributed by atoms with E-state index in [4.69, 9.17) is 4.74 Å². The number of piperidine rings is 2. The quantitative estimate of drug-likeness (QED) is 0.684. The summed E-state index contributed by atoms with van der Waals surface area (Å²) in [7, 11) is 0. The monoisotopic (exact) mass is 442 g/mol. The zero-order valence-corrected chi connectivity index (χ0v) is 18.0. The number of nitrogens with zero attached hydrogens (tertiary/aromatic N) is 2. The number of likely N-dealkylation sites (tertiary alicyclic amines) is 2. The van der Waals surface area contributed by atoms with Gasteiger partial charge in [-0.3, -0.25) is 9.59 Å². The minimum atomic E-state index is -0.951. The maximum absolute atomic E-state index is 14.0. The maximum Gasteiger partial charge on any atom is 0.227 e. The molecule has 2 fully saturated rings. The van der Waals surface area contributed by atoms with Crippen LogP contribution in [-0.2, 0) is 16.0 Å². The van der Waals surface area contributed by atoms with Gasteiger partial charge in [-0.05, 0) is 43.4 Å². The van der Waals surface area contributed by atoms with E-state index in [0.717, 1.165) is 24.7 Å². The van der Waals surface area contributed by atoms with Gasteiger partial charge in [0.1, 0.15) is 5.75 Å². The van der Waals surface area contributed by atoms with Crippen molar-refractivity contribution in [1.82, 2.24) is 9.80 Å². The largest absolute Gasteiger partial charge is 0.493 e. The van der Waals surface area contributed by atoms with Crippen LogP contribution in [0.3, 0.4) is 0 Å². The average Bonchev–Trinajstić information content (AvgIpc) is 2.82. The molecule has 0 bridgehead atoms. The van der Waals surface area contributed by atoms with Crippen molar-refractivity contribution in [3.8, 4) is 5.75 Å². The van der Waals surface area contributed by atoms with Gasteiger partial charge in [-0.15, -0.1) is 0 Å². The maximum atomic E-state index is 14.0. The van der Waals surface area contributed by atoms with Gasteiger partial charge in [0.2, 0.25) is 11.8 Å². The summed E-state index contributed by atoms with van der Waals surface area (Å²) in [4.78, 5) is 29.3. The summed E-state index contributed by atoms with van der Waals surface area (Å²) in [6.45, 7) is 2.16. The predicted molar refractivity (Wildman–Crippen MR) is 116 cm³/mol. The SMILES string of the molecule is O=C(CCOc1ccccc1)N1CC[C@H]2[C@H](CCCN2C(=O)Cc2cccc(F)c2F)C1. The zero-order chi connectivity index (χ0) is 22.5. The number of hydrogen-bond acceptors (Lipinski definition) is 3. The molecule has 4 rings (SSSR count). The van der Waals surface area contributed by atoms with Crippen LogP contribution in [0.5, 0.6) is 5.75 Å². The smallest absolute Gasteiger partial charge is 0.227 e. The Morgan fingerprint density at radius 2 is 1.78 bits per heavy atom. The number of fused-ring (bicyclic) bond motifs is 1. The van der Waals surface area contributed by atoms with E-state index < -0.39 is 11.6 Å². The van der Waals surface area contributed by atoms with Gasteiger partial charge in [-0.2, -0.15) is 0 Å². The molecule has 2 saturated heterocycles. The van der Waals surface area contributed by atoms with Crippen molar-refractivity contribution in [2.45, 2.75) is 38.1 Å². The summed E-state index contributed by atoms with van der Waals surface area (Å²) in [6, 6.07) is 13.4. The third-order valence-electron chi connectivity index (χ3n) is 6.44. The molecular weight excluding hydrogens is 414 g/mol. The van der Waals surface area contributed by atoms with E-state index >= 15 is 0 Å². The average molecular weight is 443 g/mol. The molecule has 2 heterocycles. The molecule has 2 aromatic rings. The van der Waals surface area contributed by atoms with E-state index in [0.29, 0.717) is 39.1 Å². The van der Waals surface area contributed by atoms with E-state index in [1.807, 2.05) is 40.1 Å². The summed E-state index contributed by atoms with van der Waals surface area (Å²) in [5.41, 5.74) is 0.0863. The van der Waals surface area contributed by atoms with Crippen molar-refractivity contribution < 1.29 is 23.1 Å². The van der Waals surface area contributed by atoms with Crippen molar-refractivity contribution in [1.29, 1.82) is 0 Å². The number of hydrogen-bond donors (Lipinski definition) is 0. The van der Waals surface area contributed by atoms with Crippen LogP contribution < -0.4 is 4.74 Å². The van der Waals surface area contributed by atoms with Crippen LogP contribution in [0.2, 0.25) is 0 Å². The number of rotatable bonds is 6. The molecule has 0 N–H and O–H groups in total. The lowest BCUT2D eigenvalue weighted by molar-refractivity contribution is -0.141. The van der Waals surface area contributed by atoms with Crippen molar-refractivity contribution >= 4 is 11.8 Å². The van der Waals surface area contributed by atoms with Gasteiger partial charge in [-0.25, -0.2) is 8.78 Å². The van der Waals surface area contributed by atoms with E-state index in [9.17, 15) is 18.4 Å². The first-order valence-electron chi connectivity index (χ1n) is 11.2. The van der Waals surface area contributed by atoms with Gasteiger partial charge >= 0.3 is 0 Å². The van der Waals surface area contributed by atoms with Crippen LogP contribution in [-0.4, -0.2) is 53.9 Å². The second kappa shape index (κ2) is 10.1. The molecule has 32 heavy (non-hydrogen) atoms. The van der Waals surface area contributed by atoms with Crippen LogP contribution in [0.1, 0.15) is 31.2 Å². The van der Waals surface area contributed by atoms with Crippen LogP contribution in [0.4, 0.5) is 8.78 Å². The third-order valence-corrected chi connectivity index (χ3v) is 6.44. The van der Waals surface area contributed by atoms with Crippen molar-refractivity contribution in [3.63, 3.8) is 0 Å². The first kappa shape index (κ1) is 22.2. The zero-order valence-electron chi connectivity index (χ0n) is 18.0. The van der Waals surface area contributed by atoms with Gasteiger partial charge in [0.05, 0.1) is 19.4 Å². The van der Waals surface area contributed by atoms with Crippen LogP contribution >= 0.6 is 0 Å². The summed E-state index contributed by atoms with van der Waals surface area (Å²) in [5, 5.41) is 0. The Balaban J connectivity index is 1.31. The fourth-order valence-electron chi connectivity index (χ4n) is 4.82. The Hall–Kier alpha value is -2.96. The van der Waals surface area contributed by atoms with Gasteiger partial charge in [0, 0.05) is 31.2 Å². The second-order valence-electron chi connectivity index (χ2n) is 8.49. The molecule has 0 radical (unpaired) electrons. The van der Waals surface area contributed by atoms with Gasteiger partial charge < -0.3 is 14.5 Å². The molecule has 2 aliphatic rings. The fourth-order valence-corrected chi connectivity index (χ4v) is 4.82. The highest BCUT2D eigenvalue weighted by molar-refractivity contribution is 5.79. The number of para-hydroxylation sites is 1. The summed E-state index contributed by atoms with van der Waals surface area (Å²) < 4.78 is 33.1. The highest BCUT2D eigenvalue weighted by Gasteiger charge is 2.39. The Bertz CT molecular complexity index is 953. The van der Waals surface area contributed by atoms with E-state index in [-0.39, 0.29) is 35.8 Å². The highest BCUT2D eigenvalue weighted by atomic mass is 19.2. The van der Waals surface area contributed by atoms with Crippen LogP contribution in [0, 0.1) is 17.6 Å². The van der Waals surface area contributed by atoms with Crippen molar-refractivity contribution in [2.75, 3.05) is 26.2 Å². The summed E-state index contributed by atoms with van der Waals surface area (Å²) >= 11 is 0. The molecule has 0 aliphatic carbocycles. The lowest BCUT2D eigenvalue weighted by atomic mass is 9.83. The van der Waals surface area contributed by atoms with Gasteiger partial charge in [0.15, 0.2) is 11.6 Å². The number of halogens is 2. The number of carbonyl (C=O) groups excluding carboxylic acids is 2. The Morgan fingerprint density at radius 3 is 2.59 bits per heavy atom. The molecule has 2 atom stereocenters. The van der Waals surface area contributed by atoms with Crippen molar-refractivity contribution in [3.05, 3.63) is 65.7 Å². The van der Waals surface area contributed by atoms with E-state index in [1.54, 1.807) is 0 Å². The Kier molecular flexibility index (Phi) is 7.02. The van der Waals surface area contributed by atoms with Gasteiger partial charge in [-0.1, -0.05) is 30.3 Å². The Morgan fingerprint density at radius 1 is 0.969 bits per heavy atom. The first-order valence-corrected chi connectivity index (χ1v) is 11.2. The van der Waals surface area contributed by atoms with E-state index in [1.165, 1.54) is 12.1 Å². The fraction of sp³-hybridized carbons (Fsp3) is 0.440. The molecule has 5 nitrogen and oxygen atoms in total. The topological polar surface area (TPSA) is 49.9 Å². The molecule has 0 spiro atoms. The second-order valence-corrected chi connectivity index (χ2v) is 8.49. The molecule has 7 heteroatoms. The van der Waals surface area contributed by atoms with Crippen LogP contribution in [0.25, 0.3) is 0 Å². The third kappa shape index (κ3) is 5.09. The lowest BCUT2D eigenvalue weighted by Crippen LogP contribution is -2.57. The molecule has 2 aliphatic heterocycles. The molecular formula is C25H28F2N2O3. The van der Waals surface area contributed by atoms with Crippen molar-refractivity contribution in [2.24, 2.45) is 5.92 Å². The number of carbonyl (C=O) groups is 2. The van der Waals surface area contributed by atoms with E-state index in [2.05, 4.69) is 0 Å². The molecule has 2 aromatic carbocycles. The minimum Gasteiger partial charge on any atom is -0.493 e. The molecule has 170 valence electrons. The normalized spacial score (nSPS) is 20.6. The summed E-state index contributed by atoms with van der Waals surface area (Å²) in [5.74, 6) is -1.06. The predicted octanol–water partition coefficient (Wildman–Crippen LogP) is 3.82. The lowest BCUT2D eigenvalue weighted by Gasteiger charge is -2.47. The van der Waals surface area contributed by atoms with Gasteiger partial charge in [0.25, 0.3) is 0 Å². The number of ether oxygens (including phenoxy) is 1. The first-order chi connectivity index (χ1) is 15.5. The van der Waals surface area contributed by atoms with Crippen LogP contribution in [0.15, 0.2) is 48.5 Å². The minimum absolute atomic E-state index is 0.0393. The highest BCUT2D eigenvalue weighted by Crippen LogP contribution is 2.31. The molecule has 0 saturated carbocycles. The Labute approximate surface area is 187 Å². The molecule has 0 aromatic heterocycles. The molecule has 2 amide bonds. The standard InChI is InChI=1S/C25H28F2N2O3/c26-21-10-4-6-18(25(21)27)16-24(31)29-13-5-7-19-17-28(14-11-22(19)29)23(30)12-15-32-20-8-2-1-3-9-20/h1-4,6,8-10,19,22H,5,7,11-17H2/t19-,22+/m1/s1. The summed E-state index contributed by atoms with van der Waals surface area (Å²) in [6.07, 6.45) is 2.66.